The molecule has 0 fully saturated rings. The molecule has 0 aliphatic carbocycles. The number of nitrogens with zero attached hydrogens (tertiary/aromatic N) is 2. The van der Waals surface area contributed by atoms with Crippen molar-refractivity contribution in [1.82, 2.24) is 9.78 Å². The molecule has 2 N–H and O–H groups in total. The van der Waals surface area contributed by atoms with Gasteiger partial charge in [-0.15, -0.1) is 0 Å². The SMILES string of the molecule is CCOCCOc1cnn(-c2ccccc2)c(=O)c1Nc1ccc(C(=O)O)cc1. The first kappa shape index (κ1) is 20.1. The summed E-state index contributed by atoms with van der Waals surface area (Å²) in [5.41, 5.74) is 1.12. The lowest BCUT2D eigenvalue weighted by Gasteiger charge is -2.14. The lowest BCUT2D eigenvalue weighted by molar-refractivity contribution is 0.0697. The number of benzene rings is 2. The maximum absolute atomic E-state index is 13.1. The van der Waals surface area contributed by atoms with Crippen LogP contribution in [0.1, 0.15) is 17.3 Å². The predicted octanol–water partition coefficient (Wildman–Crippen LogP) is 3.09. The normalized spacial score (nSPS) is 10.5. The van der Waals surface area contributed by atoms with Crippen LogP contribution in [-0.2, 0) is 4.74 Å². The van der Waals surface area contributed by atoms with Gasteiger partial charge in [-0.1, -0.05) is 18.2 Å². The van der Waals surface area contributed by atoms with E-state index < -0.39 is 11.5 Å². The number of carbonyl (C=O) groups is 1. The molecule has 0 bridgehead atoms. The second-order valence-electron chi connectivity index (χ2n) is 5.99. The minimum absolute atomic E-state index is 0.153. The molecule has 1 aromatic heterocycles. The molecule has 0 saturated heterocycles. The highest BCUT2D eigenvalue weighted by Gasteiger charge is 2.15. The number of ether oxygens (including phenoxy) is 2. The molecule has 0 saturated carbocycles. The number of anilines is 2. The van der Waals surface area contributed by atoms with Crippen LogP contribution >= 0.6 is 0 Å². The Morgan fingerprint density at radius 2 is 1.83 bits per heavy atom. The Morgan fingerprint density at radius 3 is 2.48 bits per heavy atom. The summed E-state index contributed by atoms with van der Waals surface area (Å²) in [6.07, 6.45) is 1.47. The summed E-state index contributed by atoms with van der Waals surface area (Å²) >= 11 is 0. The summed E-state index contributed by atoms with van der Waals surface area (Å²) in [6, 6.07) is 15.1. The largest absolute Gasteiger partial charge is 0.487 e. The first-order valence-electron chi connectivity index (χ1n) is 9.09. The molecule has 8 nitrogen and oxygen atoms in total. The van der Waals surface area contributed by atoms with Crippen molar-refractivity contribution >= 4 is 17.3 Å². The Morgan fingerprint density at radius 1 is 1.10 bits per heavy atom. The summed E-state index contributed by atoms with van der Waals surface area (Å²) in [6.45, 7) is 3.09. The third-order valence-corrected chi connectivity index (χ3v) is 4.03. The Balaban J connectivity index is 1.95. The molecule has 2 aromatic carbocycles. The number of nitrogens with one attached hydrogen (secondary N) is 1. The zero-order valence-electron chi connectivity index (χ0n) is 15.9. The van der Waals surface area contributed by atoms with Crippen LogP contribution in [0, 0.1) is 0 Å². The molecule has 8 heteroatoms. The van der Waals surface area contributed by atoms with E-state index in [0.29, 0.717) is 24.6 Å². The second kappa shape index (κ2) is 9.52. The van der Waals surface area contributed by atoms with Crippen LogP contribution in [0.15, 0.2) is 65.6 Å². The number of hydrogen-bond acceptors (Lipinski definition) is 6. The van der Waals surface area contributed by atoms with Gasteiger partial charge in [-0.3, -0.25) is 4.79 Å². The van der Waals surface area contributed by atoms with Crippen molar-refractivity contribution in [2.24, 2.45) is 0 Å². The fourth-order valence-electron chi connectivity index (χ4n) is 2.61. The number of carboxylic acid groups (broad SMARTS) is 1. The molecule has 0 atom stereocenters. The van der Waals surface area contributed by atoms with Crippen LogP contribution < -0.4 is 15.6 Å². The highest BCUT2D eigenvalue weighted by atomic mass is 16.5. The molecule has 3 rings (SSSR count). The van der Waals surface area contributed by atoms with Gasteiger partial charge >= 0.3 is 5.97 Å². The average Bonchev–Trinajstić information content (AvgIpc) is 2.74. The zero-order valence-corrected chi connectivity index (χ0v) is 15.9. The van der Waals surface area contributed by atoms with E-state index in [9.17, 15) is 9.59 Å². The van der Waals surface area contributed by atoms with Gasteiger partial charge < -0.3 is 19.9 Å². The third-order valence-electron chi connectivity index (χ3n) is 4.03. The summed E-state index contributed by atoms with van der Waals surface area (Å²) in [5.74, 6) is -0.740. The standard InChI is InChI=1S/C21H21N3O5/c1-2-28-12-13-29-18-14-22-24(17-6-4-3-5-7-17)20(25)19(18)23-16-10-8-15(9-11-16)21(26)27/h3-11,14,23H,2,12-13H2,1H3,(H,26,27). The van der Waals surface area contributed by atoms with E-state index in [1.807, 2.05) is 25.1 Å². The Bertz CT molecular complexity index is 1020. The highest BCUT2D eigenvalue weighted by Crippen LogP contribution is 2.24. The first-order valence-corrected chi connectivity index (χ1v) is 9.09. The molecule has 0 unspecified atom stereocenters. The van der Waals surface area contributed by atoms with Crippen molar-refractivity contribution in [2.75, 3.05) is 25.1 Å². The number of hydrogen-bond donors (Lipinski definition) is 2. The quantitative estimate of drug-likeness (QED) is 0.537. The van der Waals surface area contributed by atoms with Crippen LogP contribution in [0.2, 0.25) is 0 Å². The third kappa shape index (κ3) is 4.99. The summed E-state index contributed by atoms with van der Waals surface area (Å²) < 4.78 is 12.2. The van der Waals surface area contributed by atoms with E-state index in [0.717, 1.165) is 0 Å². The van der Waals surface area contributed by atoms with Crippen LogP contribution in [0.3, 0.4) is 0 Å². The molecule has 0 amide bonds. The zero-order chi connectivity index (χ0) is 20.6. The maximum Gasteiger partial charge on any atom is 0.335 e. The molecule has 1 heterocycles. The molecule has 0 radical (unpaired) electrons. The van der Waals surface area contributed by atoms with Gasteiger partial charge in [0, 0.05) is 12.3 Å². The summed E-state index contributed by atoms with van der Waals surface area (Å²) in [5, 5.41) is 16.3. The molecule has 150 valence electrons. The van der Waals surface area contributed by atoms with Gasteiger partial charge in [-0.05, 0) is 43.3 Å². The number of aromatic nitrogens is 2. The molecule has 0 aliphatic heterocycles. The van der Waals surface area contributed by atoms with E-state index in [2.05, 4.69) is 10.4 Å². The Labute approximate surface area is 167 Å². The first-order chi connectivity index (χ1) is 14.1. The van der Waals surface area contributed by atoms with E-state index in [1.54, 1.807) is 24.3 Å². The van der Waals surface area contributed by atoms with Crippen molar-refractivity contribution in [2.45, 2.75) is 6.92 Å². The van der Waals surface area contributed by atoms with Gasteiger partial charge in [-0.2, -0.15) is 9.78 Å². The van der Waals surface area contributed by atoms with Gasteiger partial charge in [0.2, 0.25) is 0 Å². The topological polar surface area (TPSA) is 103 Å². The van der Waals surface area contributed by atoms with Crippen molar-refractivity contribution in [1.29, 1.82) is 0 Å². The molecule has 0 aliphatic rings. The van der Waals surface area contributed by atoms with Gasteiger partial charge in [0.15, 0.2) is 11.4 Å². The smallest absolute Gasteiger partial charge is 0.335 e. The average molecular weight is 395 g/mol. The van der Waals surface area contributed by atoms with E-state index in [1.165, 1.54) is 23.0 Å². The van der Waals surface area contributed by atoms with Gasteiger partial charge in [-0.25, -0.2) is 4.79 Å². The number of rotatable bonds is 9. The van der Waals surface area contributed by atoms with Crippen molar-refractivity contribution < 1.29 is 19.4 Å². The number of aromatic carboxylic acids is 1. The predicted molar refractivity (Wildman–Crippen MR) is 109 cm³/mol. The maximum atomic E-state index is 13.1. The number of para-hydroxylation sites is 1. The van der Waals surface area contributed by atoms with E-state index in [-0.39, 0.29) is 23.6 Å². The monoisotopic (exact) mass is 395 g/mol. The second-order valence-corrected chi connectivity index (χ2v) is 5.99. The van der Waals surface area contributed by atoms with Crippen LogP contribution in [-0.4, -0.2) is 40.7 Å². The van der Waals surface area contributed by atoms with Crippen LogP contribution in [0.4, 0.5) is 11.4 Å². The van der Waals surface area contributed by atoms with Gasteiger partial charge in [0.25, 0.3) is 5.56 Å². The lowest BCUT2D eigenvalue weighted by Crippen LogP contribution is -2.24. The number of carboxylic acids is 1. The van der Waals surface area contributed by atoms with Crippen LogP contribution in [0.25, 0.3) is 5.69 Å². The fraction of sp³-hybridized carbons (Fsp3) is 0.190. The van der Waals surface area contributed by atoms with Crippen LogP contribution in [0.5, 0.6) is 5.75 Å². The van der Waals surface area contributed by atoms with E-state index in [4.69, 9.17) is 14.6 Å². The van der Waals surface area contributed by atoms with Crippen molar-refractivity contribution in [3.05, 3.63) is 76.7 Å². The van der Waals surface area contributed by atoms with Crippen molar-refractivity contribution in [3.8, 4) is 11.4 Å². The van der Waals surface area contributed by atoms with Gasteiger partial charge in [0.05, 0.1) is 24.1 Å². The summed E-state index contributed by atoms with van der Waals surface area (Å²) in [7, 11) is 0. The lowest BCUT2D eigenvalue weighted by atomic mass is 10.2. The van der Waals surface area contributed by atoms with Gasteiger partial charge in [0.1, 0.15) is 6.61 Å². The molecule has 3 aromatic rings. The Hall–Kier alpha value is -3.65. The molecular formula is C21H21N3O5. The van der Waals surface area contributed by atoms with E-state index >= 15 is 0 Å². The Kier molecular flexibility index (Phi) is 6.59. The molecule has 29 heavy (non-hydrogen) atoms. The fourth-order valence-corrected chi connectivity index (χ4v) is 2.61. The highest BCUT2D eigenvalue weighted by molar-refractivity contribution is 5.88. The molecular weight excluding hydrogens is 374 g/mol. The summed E-state index contributed by atoms with van der Waals surface area (Å²) in [4.78, 5) is 24.1. The van der Waals surface area contributed by atoms with Crippen molar-refractivity contribution in [3.63, 3.8) is 0 Å². The minimum atomic E-state index is -1.02. The minimum Gasteiger partial charge on any atom is -0.487 e. The molecule has 0 spiro atoms.